The van der Waals surface area contributed by atoms with Crippen LogP contribution in [0.5, 0.6) is 0 Å². The van der Waals surface area contributed by atoms with Gasteiger partial charge in [-0.15, -0.1) is 0 Å². The first-order chi connectivity index (χ1) is 12.7. The van der Waals surface area contributed by atoms with Crippen LogP contribution in [0.3, 0.4) is 0 Å². The van der Waals surface area contributed by atoms with Gasteiger partial charge in [-0.3, -0.25) is 0 Å². The number of fused-ring (bicyclic) bond motifs is 5. The minimum absolute atomic E-state index is 0.485. The van der Waals surface area contributed by atoms with Crippen LogP contribution in [0.4, 0.5) is 0 Å². The molecule has 5 fully saturated rings. The zero-order valence-corrected chi connectivity index (χ0v) is 16.6. The van der Waals surface area contributed by atoms with Crippen LogP contribution in [0, 0.1) is 35.0 Å². The van der Waals surface area contributed by atoms with Gasteiger partial charge in [0.1, 0.15) is 0 Å². The lowest BCUT2D eigenvalue weighted by Gasteiger charge is -2.55. The Morgan fingerprint density at radius 1 is 0.846 bits per heavy atom. The monoisotopic (exact) mass is 356 g/mol. The lowest BCUT2D eigenvalue weighted by Crippen LogP contribution is -2.47. The zero-order chi connectivity index (χ0) is 17.3. The van der Waals surface area contributed by atoms with E-state index in [0.29, 0.717) is 17.6 Å². The van der Waals surface area contributed by atoms with Gasteiger partial charge in [0.25, 0.3) is 0 Å². The van der Waals surface area contributed by atoms with Crippen molar-refractivity contribution in [1.82, 2.24) is 0 Å². The summed E-state index contributed by atoms with van der Waals surface area (Å²) in [7, 11) is 0. The number of hydrogen-bond acceptors (Lipinski definition) is 2. The average molecular weight is 357 g/mol. The van der Waals surface area contributed by atoms with Crippen molar-refractivity contribution in [2.24, 2.45) is 35.0 Å². The first-order valence-electron chi connectivity index (χ1n) is 11.7. The zero-order valence-electron chi connectivity index (χ0n) is 16.6. The Balaban J connectivity index is 1.28. The third-order valence-electron chi connectivity index (χ3n) is 9.56. The number of epoxide rings is 2. The summed E-state index contributed by atoms with van der Waals surface area (Å²) in [5.74, 6) is 5.18. The molecule has 4 aliphatic carbocycles. The van der Waals surface area contributed by atoms with Crippen LogP contribution < -0.4 is 0 Å². The number of ether oxygens (including phenoxy) is 2. The molecule has 2 saturated heterocycles. The molecule has 2 aliphatic heterocycles. The quantitative estimate of drug-likeness (QED) is 0.490. The molecule has 3 unspecified atom stereocenters. The van der Waals surface area contributed by atoms with E-state index in [1.54, 1.807) is 19.3 Å². The van der Waals surface area contributed by atoms with Crippen molar-refractivity contribution in [2.45, 2.75) is 89.8 Å². The topological polar surface area (TPSA) is 25.1 Å². The van der Waals surface area contributed by atoms with Crippen LogP contribution in [-0.4, -0.2) is 25.4 Å². The van der Waals surface area contributed by atoms with Crippen LogP contribution in [0.2, 0.25) is 0 Å². The molecule has 26 heavy (non-hydrogen) atoms. The molecule has 6 rings (SSSR count). The van der Waals surface area contributed by atoms with Gasteiger partial charge in [0.05, 0.1) is 25.4 Å². The van der Waals surface area contributed by atoms with Crippen LogP contribution in [-0.2, 0) is 9.47 Å². The fourth-order valence-electron chi connectivity index (χ4n) is 8.15. The van der Waals surface area contributed by atoms with Crippen molar-refractivity contribution in [3.8, 4) is 0 Å². The van der Waals surface area contributed by atoms with E-state index in [-0.39, 0.29) is 0 Å². The summed E-state index contributed by atoms with van der Waals surface area (Å²) < 4.78 is 11.3. The molecule has 0 amide bonds. The van der Waals surface area contributed by atoms with Gasteiger partial charge in [0.15, 0.2) is 0 Å². The second kappa shape index (κ2) is 6.08. The smallest absolute Gasteiger partial charge is 0.0847 e. The first-order valence-corrected chi connectivity index (χ1v) is 11.7. The maximum atomic E-state index is 5.68. The molecule has 2 nitrogen and oxygen atoms in total. The van der Waals surface area contributed by atoms with Gasteiger partial charge in [-0.25, -0.2) is 0 Å². The van der Waals surface area contributed by atoms with Crippen molar-refractivity contribution >= 4 is 0 Å². The summed E-state index contributed by atoms with van der Waals surface area (Å²) in [6.07, 6.45) is 17.1. The fraction of sp³-hybridized carbons (Fsp3) is 0.917. The molecule has 144 valence electrons. The van der Waals surface area contributed by atoms with Crippen molar-refractivity contribution in [1.29, 1.82) is 0 Å². The molecule has 2 heteroatoms. The Hall–Kier alpha value is -0.340. The molecule has 0 aromatic heterocycles. The minimum Gasteiger partial charge on any atom is -0.373 e. The predicted molar refractivity (Wildman–Crippen MR) is 103 cm³/mol. The van der Waals surface area contributed by atoms with Crippen molar-refractivity contribution in [3.05, 3.63) is 11.1 Å². The van der Waals surface area contributed by atoms with Gasteiger partial charge in [-0.2, -0.15) is 0 Å². The first kappa shape index (κ1) is 16.6. The summed E-state index contributed by atoms with van der Waals surface area (Å²) in [6.45, 7) is 4.67. The number of hydrogen-bond donors (Lipinski definition) is 0. The van der Waals surface area contributed by atoms with E-state index in [0.717, 1.165) is 42.8 Å². The third kappa shape index (κ3) is 2.65. The molecule has 8 atom stereocenters. The van der Waals surface area contributed by atoms with Crippen LogP contribution in [0.15, 0.2) is 11.1 Å². The minimum atomic E-state index is 0.485. The maximum Gasteiger partial charge on any atom is 0.0847 e. The highest BCUT2D eigenvalue weighted by Gasteiger charge is 2.56. The molecule has 0 spiro atoms. The molecule has 0 bridgehead atoms. The van der Waals surface area contributed by atoms with Crippen molar-refractivity contribution in [3.63, 3.8) is 0 Å². The molecule has 6 aliphatic rings. The second-order valence-corrected chi connectivity index (χ2v) is 10.8. The molecule has 3 saturated carbocycles. The Labute approximate surface area is 159 Å². The molecule has 0 N–H and O–H groups in total. The molecule has 2 heterocycles. The predicted octanol–water partition coefficient (Wildman–Crippen LogP) is 5.51. The van der Waals surface area contributed by atoms with Crippen LogP contribution in [0.1, 0.15) is 77.6 Å². The Morgan fingerprint density at radius 2 is 1.62 bits per heavy atom. The van der Waals surface area contributed by atoms with Gasteiger partial charge < -0.3 is 9.47 Å². The normalized spacial score (nSPS) is 52.3. The van der Waals surface area contributed by atoms with Gasteiger partial charge in [0.2, 0.25) is 0 Å². The number of rotatable bonds is 4. The highest BCUT2D eigenvalue weighted by molar-refractivity contribution is 5.33. The van der Waals surface area contributed by atoms with E-state index in [1.807, 2.05) is 11.1 Å². The Bertz CT molecular complexity index is 601. The van der Waals surface area contributed by atoms with E-state index in [2.05, 4.69) is 6.92 Å². The highest BCUT2D eigenvalue weighted by Crippen LogP contribution is 2.65. The Morgan fingerprint density at radius 3 is 2.42 bits per heavy atom. The van der Waals surface area contributed by atoms with Crippen molar-refractivity contribution in [2.75, 3.05) is 13.2 Å². The van der Waals surface area contributed by atoms with Gasteiger partial charge >= 0.3 is 0 Å². The van der Waals surface area contributed by atoms with Crippen LogP contribution in [0.25, 0.3) is 0 Å². The molecule has 0 radical (unpaired) electrons. The standard InChI is InChI=1S/C24H36O2/c1-24-9-8-20-19-5-3-2-4-15(19)6-7-21(20)23(24)11-16(10-17-13-25-17)22(24)12-18-14-26-18/h15,17-21,23H,2-14H2,1H3/t15?,17?,18?,19-,20+,21+,23-,24+/m0/s1. The summed E-state index contributed by atoms with van der Waals surface area (Å²) in [4.78, 5) is 0. The summed E-state index contributed by atoms with van der Waals surface area (Å²) in [6, 6.07) is 0. The summed E-state index contributed by atoms with van der Waals surface area (Å²) >= 11 is 0. The molecular formula is C24H36O2. The summed E-state index contributed by atoms with van der Waals surface area (Å²) in [5.41, 5.74) is 4.13. The SMILES string of the molecule is C[C@]12CC[C@H]3[C@@H](CCC4CCCC[C@@H]43)[C@@H]1CC(CC1CO1)=C2CC1CO1. The fourth-order valence-corrected chi connectivity index (χ4v) is 8.15. The van der Waals surface area contributed by atoms with E-state index in [1.165, 1.54) is 51.4 Å². The second-order valence-electron chi connectivity index (χ2n) is 10.8. The largest absolute Gasteiger partial charge is 0.373 e. The average Bonchev–Trinajstić information content (AvgIpc) is 3.56. The van der Waals surface area contributed by atoms with E-state index in [9.17, 15) is 0 Å². The van der Waals surface area contributed by atoms with E-state index in [4.69, 9.17) is 9.47 Å². The van der Waals surface area contributed by atoms with Gasteiger partial charge in [-0.1, -0.05) is 37.3 Å². The van der Waals surface area contributed by atoms with Crippen LogP contribution >= 0.6 is 0 Å². The highest BCUT2D eigenvalue weighted by atomic mass is 16.6. The molecule has 0 aromatic rings. The van der Waals surface area contributed by atoms with E-state index < -0.39 is 0 Å². The van der Waals surface area contributed by atoms with Gasteiger partial charge in [-0.05, 0) is 86.4 Å². The Kier molecular flexibility index (Phi) is 3.88. The lowest BCUT2D eigenvalue weighted by atomic mass is 9.50. The maximum absolute atomic E-state index is 5.68. The van der Waals surface area contributed by atoms with Crippen molar-refractivity contribution < 1.29 is 9.47 Å². The van der Waals surface area contributed by atoms with E-state index >= 15 is 0 Å². The summed E-state index contributed by atoms with van der Waals surface area (Å²) in [5, 5.41) is 0. The van der Waals surface area contributed by atoms with Gasteiger partial charge in [0, 0.05) is 0 Å². The molecular weight excluding hydrogens is 320 g/mol. The molecule has 0 aromatic carbocycles. The third-order valence-corrected chi connectivity index (χ3v) is 9.56. The lowest BCUT2D eigenvalue weighted by molar-refractivity contribution is -0.0439.